The van der Waals surface area contributed by atoms with Crippen molar-refractivity contribution in [1.29, 1.82) is 0 Å². The minimum Gasteiger partial charge on any atom is -0.492 e. The quantitative estimate of drug-likeness (QED) is 0.867. The highest BCUT2D eigenvalue weighted by Crippen LogP contribution is 2.39. The lowest BCUT2D eigenvalue weighted by Gasteiger charge is -2.17. The summed E-state index contributed by atoms with van der Waals surface area (Å²) in [5, 5.41) is 0. The van der Waals surface area contributed by atoms with Gasteiger partial charge in [0.2, 0.25) is 0 Å². The van der Waals surface area contributed by atoms with Gasteiger partial charge in [-0.1, -0.05) is 37.6 Å². The van der Waals surface area contributed by atoms with Crippen LogP contribution in [0.2, 0.25) is 0 Å². The number of fused-ring (bicyclic) bond motifs is 1. The van der Waals surface area contributed by atoms with E-state index in [2.05, 4.69) is 26.0 Å². The van der Waals surface area contributed by atoms with Gasteiger partial charge >= 0.3 is 0 Å². The standard InChI is InChI=1S/C17H20O4S/c1-17(2)11-21-16-8-5-13(10-15(16)17)9-12-3-6-14(7-4-12)22(18,19)20/h3,5-6,8,10H,4,7,9,11H2,1-2H3,(H,18,19,20). The third kappa shape index (κ3) is 2.96. The van der Waals surface area contributed by atoms with Gasteiger partial charge in [0.1, 0.15) is 5.75 Å². The zero-order chi connectivity index (χ0) is 16.0. The van der Waals surface area contributed by atoms with Crippen LogP contribution in [0.1, 0.15) is 37.8 Å². The van der Waals surface area contributed by atoms with Crippen molar-refractivity contribution in [2.24, 2.45) is 0 Å². The molecule has 0 atom stereocenters. The van der Waals surface area contributed by atoms with Gasteiger partial charge in [0, 0.05) is 11.0 Å². The van der Waals surface area contributed by atoms with E-state index in [9.17, 15) is 8.42 Å². The molecule has 22 heavy (non-hydrogen) atoms. The Bertz CT molecular complexity index is 770. The average molecular weight is 320 g/mol. The lowest BCUT2D eigenvalue weighted by molar-refractivity contribution is 0.291. The molecule has 3 rings (SSSR count). The van der Waals surface area contributed by atoms with Crippen LogP contribution in [0, 0.1) is 0 Å². The van der Waals surface area contributed by atoms with Crippen LogP contribution in [0.5, 0.6) is 5.75 Å². The molecular formula is C17H20O4S. The number of rotatable bonds is 3. The molecule has 0 unspecified atom stereocenters. The Labute approximate surface area is 131 Å². The molecule has 1 aliphatic heterocycles. The molecule has 1 aliphatic carbocycles. The lowest BCUT2D eigenvalue weighted by Crippen LogP contribution is -2.18. The molecule has 1 aromatic carbocycles. The summed E-state index contributed by atoms with van der Waals surface area (Å²) in [5.74, 6) is 0.958. The summed E-state index contributed by atoms with van der Waals surface area (Å²) >= 11 is 0. The fourth-order valence-electron chi connectivity index (χ4n) is 2.96. The molecule has 1 aromatic rings. The molecule has 0 saturated carbocycles. The van der Waals surface area contributed by atoms with E-state index in [1.165, 1.54) is 22.8 Å². The van der Waals surface area contributed by atoms with Crippen molar-refractivity contribution in [3.05, 3.63) is 52.0 Å². The van der Waals surface area contributed by atoms with Crippen molar-refractivity contribution in [2.75, 3.05) is 6.61 Å². The number of hydrogen-bond acceptors (Lipinski definition) is 3. The Morgan fingerprint density at radius 2 is 2.00 bits per heavy atom. The third-order valence-corrected chi connectivity index (χ3v) is 5.32. The van der Waals surface area contributed by atoms with E-state index in [1.54, 1.807) is 0 Å². The second kappa shape index (κ2) is 5.25. The number of allylic oxidation sites excluding steroid dienone is 4. The molecule has 0 fully saturated rings. The van der Waals surface area contributed by atoms with Gasteiger partial charge < -0.3 is 4.74 Å². The van der Waals surface area contributed by atoms with Crippen LogP contribution < -0.4 is 4.74 Å². The highest BCUT2D eigenvalue weighted by atomic mass is 32.2. The lowest BCUT2D eigenvalue weighted by atomic mass is 9.85. The van der Waals surface area contributed by atoms with Gasteiger partial charge in [-0.3, -0.25) is 4.55 Å². The van der Waals surface area contributed by atoms with E-state index < -0.39 is 10.1 Å². The zero-order valence-corrected chi connectivity index (χ0v) is 13.6. The molecule has 0 radical (unpaired) electrons. The Hall–Kier alpha value is -1.59. The molecule has 0 bridgehead atoms. The first kappa shape index (κ1) is 15.3. The molecular weight excluding hydrogens is 300 g/mol. The summed E-state index contributed by atoms with van der Waals surface area (Å²) in [4.78, 5) is 0.0970. The van der Waals surface area contributed by atoms with Crippen molar-refractivity contribution in [3.8, 4) is 5.75 Å². The Kier molecular flexibility index (Phi) is 3.65. The van der Waals surface area contributed by atoms with Crippen LogP contribution in [0.15, 0.2) is 40.8 Å². The maximum Gasteiger partial charge on any atom is 0.290 e. The minimum absolute atomic E-state index is 0.0321. The van der Waals surface area contributed by atoms with Crippen LogP contribution >= 0.6 is 0 Å². The van der Waals surface area contributed by atoms with Crippen LogP contribution in [0.25, 0.3) is 0 Å². The number of benzene rings is 1. The maximum absolute atomic E-state index is 11.1. The summed E-state index contributed by atoms with van der Waals surface area (Å²) in [6, 6.07) is 6.26. The van der Waals surface area contributed by atoms with Gasteiger partial charge in [0.05, 0.1) is 11.5 Å². The zero-order valence-electron chi connectivity index (χ0n) is 12.8. The van der Waals surface area contributed by atoms with Gasteiger partial charge in [0.15, 0.2) is 0 Å². The fourth-order valence-corrected chi connectivity index (χ4v) is 3.56. The molecule has 1 N–H and O–H groups in total. The van der Waals surface area contributed by atoms with Gasteiger partial charge in [-0.15, -0.1) is 0 Å². The minimum atomic E-state index is -4.05. The first-order valence-electron chi connectivity index (χ1n) is 7.38. The van der Waals surface area contributed by atoms with E-state index in [0.717, 1.165) is 12.2 Å². The van der Waals surface area contributed by atoms with Gasteiger partial charge in [0.25, 0.3) is 10.1 Å². The highest BCUT2D eigenvalue weighted by molar-refractivity contribution is 7.89. The first-order valence-corrected chi connectivity index (χ1v) is 8.82. The number of ether oxygens (including phenoxy) is 1. The van der Waals surface area contributed by atoms with Crippen molar-refractivity contribution >= 4 is 10.1 Å². The van der Waals surface area contributed by atoms with E-state index in [-0.39, 0.29) is 10.3 Å². The summed E-state index contributed by atoms with van der Waals surface area (Å²) in [7, 11) is -4.05. The van der Waals surface area contributed by atoms with Crippen LogP contribution in [0.4, 0.5) is 0 Å². The summed E-state index contributed by atoms with van der Waals surface area (Å²) in [6.07, 6.45) is 5.13. The van der Waals surface area contributed by atoms with Crippen LogP contribution in [-0.4, -0.2) is 19.6 Å². The Balaban J connectivity index is 1.81. The summed E-state index contributed by atoms with van der Waals surface area (Å²) in [5.41, 5.74) is 3.64. The Morgan fingerprint density at radius 1 is 1.23 bits per heavy atom. The molecule has 2 aliphatic rings. The summed E-state index contributed by atoms with van der Waals surface area (Å²) in [6.45, 7) is 5.04. The van der Waals surface area contributed by atoms with Crippen molar-refractivity contribution < 1.29 is 17.7 Å². The second-order valence-electron chi connectivity index (χ2n) is 6.61. The first-order chi connectivity index (χ1) is 10.3. The van der Waals surface area contributed by atoms with E-state index in [0.29, 0.717) is 19.4 Å². The second-order valence-corrected chi connectivity index (χ2v) is 8.09. The van der Waals surface area contributed by atoms with Crippen molar-refractivity contribution in [1.82, 2.24) is 0 Å². The summed E-state index contributed by atoms with van der Waals surface area (Å²) < 4.78 is 36.9. The Morgan fingerprint density at radius 3 is 2.64 bits per heavy atom. The number of hydrogen-bond donors (Lipinski definition) is 1. The normalized spacial score (nSPS) is 20.0. The largest absolute Gasteiger partial charge is 0.492 e. The molecule has 0 saturated heterocycles. The SMILES string of the molecule is CC1(C)COc2ccc(CC3=CC=C(S(=O)(=O)O)CC3)cc21. The van der Waals surface area contributed by atoms with E-state index in [4.69, 9.17) is 9.29 Å². The fraction of sp³-hybridized carbons (Fsp3) is 0.412. The molecule has 1 heterocycles. The average Bonchev–Trinajstić information content (AvgIpc) is 2.74. The molecule has 0 amide bonds. The van der Waals surface area contributed by atoms with E-state index in [1.807, 2.05) is 12.1 Å². The van der Waals surface area contributed by atoms with Gasteiger partial charge in [-0.05, 0) is 37.0 Å². The molecule has 0 spiro atoms. The predicted molar refractivity (Wildman–Crippen MR) is 85.6 cm³/mol. The van der Waals surface area contributed by atoms with Crippen LogP contribution in [-0.2, 0) is 22.0 Å². The van der Waals surface area contributed by atoms with E-state index >= 15 is 0 Å². The van der Waals surface area contributed by atoms with Gasteiger partial charge in [-0.2, -0.15) is 8.42 Å². The van der Waals surface area contributed by atoms with Gasteiger partial charge in [-0.25, -0.2) is 0 Å². The van der Waals surface area contributed by atoms with Crippen LogP contribution in [0.3, 0.4) is 0 Å². The smallest absolute Gasteiger partial charge is 0.290 e. The predicted octanol–water partition coefficient (Wildman–Crippen LogP) is 3.39. The maximum atomic E-state index is 11.1. The monoisotopic (exact) mass is 320 g/mol. The highest BCUT2D eigenvalue weighted by Gasteiger charge is 2.31. The molecule has 0 aromatic heterocycles. The van der Waals surface area contributed by atoms with Crippen molar-refractivity contribution in [2.45, 2.75) is 38.5 Å². The van der Waals surface area contributed by atoms with Crippen molar-refractivity contribution in [3.63, 3.8) is 0 Å². The third-order valence-electron chi connectivity index (χ3n) is 4.32. The molecule has 5 heteroatoms. The molecule has 118 valence electrons. The molecule has 4 nitrogen and oxygen atoms in total. The topological polar surface area (TPSA) is 63.6 Å².